The number of nitrogens with two attached hydrogens (primary N) is 2. The number of carbonyl (C=O) groups excluding carboxylic acids is 2. The number of benzene rings is 1. The van der Waals surface area contributed by atoms with Crippen LogP contribution in [0.2, 0.25) is 0 Å². The second-order valence-corrected chi connectivity index (χ2v) is 8.08. The molecule has 0 saturated carbocycles. The molecule has 0 fully saturated rings. The molecule has 2 atom stereocenters. The SMILES string of the molecule is NC(N)=Nc1ccc(C(=O)OC2=CC3=C(CC2)[C@H](CC(=O)N[C@@H](CCC(=O)O)C(=O)O)CO3)cc1. The third-order valence-electron chi connectivity index (χ3n) is 5.48. The number of guanidine groups is 1. The van der Waals surface area contributed by atoms with E-state index in [1.54, 1.807) is 30.3 Å². The number of aliphatic imine (C=N–C) groups is 1. The summed E-state index contributed by atoms with van der Waals surface area (Å²) in [7, 11) is 0. The Hall–Kier alpha value is -4.35. The predicted molar refractivity (Wildman–Crippen MR) is 122 cm³/mol. The Morgan fingerprint density at radius 2 is 1.86 bits per heavy atom. The van der Waals surface area contributed by atoms with Crippen molar-refractivity contribution in [3.05, 3.63) is 53.0 Å². The largest absolute Gasteiger partial charge is 0.493 e. The summed E-state index contributed by atoms with van der Waals surface area (Å²) >= 11 is 0. The third kappa shape index (κ3) is 7.06. The number of carbonyl (C=O) groups is 4. The van der Waals surface area contributed by atoms with E-state index in [-0.39, 0.29) is 37.7 Å². The highest BCUT2D eigenvalue weighted by Crippen LogP contribution is 2.37. The van der Waals surface area contributed by atoms with Gasteiger partial charge >= 0.3 is 17.9 Å². The Balaban J connectivity index is 1.58. The quantitative estimate of drug-likeness (QED) is 0.181. The van der Waals surface area contributed by atoms with E-state index in [9.17, 15) is 24.3 Å². The lowest BCUT2D eigenvalue weighted by Gasteiger charge is -2.18. The van der Waals surface area contributed by atoms with Gasteiger partial charge in [-0.1, -0.05) is 0 Å². The molecule has 7 N–H and O–H groups in total. The number of nitrogens with one attached hydrogen (secondary N) is 1. The molecule has 1 aromatic carbocycles. The van der Waals surface area contributed by atoms with Crippen LogP contribution in [-0.2, 0) is 23.9 Å². The number of ether oxygens (including phenoxy) is 2. The fourth-order valence-electron chi connectivity index (χ4n) is 3.79. The van der Waals surface area contributed by atoms with Gasteiger partial charge < -0.3 is 36.5 Å². The third-order valence-corrected chi connectivity index (χ3v) is 5.48. The van der Waals surface area contributed by atoms with Crippen molar-refractivity contribution in [3.63, 3.8) is 0 Å². The van der Waals surface area contributed by atoms with Crippen molar-refractivity contribution in [2.75, 3.05) is 6.61 Å². The highest BCUT2D eigenvalue weighted by Gasteiger charge is 2.32. The van der Waals surface area contributed by atoms with Crippen LogP contribution in [0.4, 0.5) is 5.69 Å². The Labute approximate surface area is 200 Å². The molecule has 1 aliphatic carbocycles. The molecular weight excluding hydrogens is 460 g/mol. The number of nitrogens with zero attached hydrogens (tertiary/aromatic N) is 1. The smallest absolute Gasteiger partial charge is 0.343 e. The Bertz CT molecular complexity index is 1100. The van der Waals surface area contributed by atoms with E-state index in [1.165, 1.54) is 0 Å². The van der Waals surface area contributed by atoms with E-state index in [1.807, 2.05) is 0 Å². The average Bonchev–Trinajstić information content (AvgIpc) is 3.18. The van der Waals surface area contributed by atoms with Crippen molar-refractivity contribution in [1.82, 2.24) is 5.32 Å². The minimum atomic E-state index is -1.29. The van der Waals surface area contributed by atoms with Crippen molar-refractivity contribution in [2.45, 2.75) is 38.1 Å². The first kappa shape index (κ1) is 25.3. The van der Waals surface area contributed by atoms with Crippen molar-refractivity contribution in [2.24, 2.45) is 22.4 Å². The second kappa shape index (κ2) is 11.2. The molecule has 1 aliphatic heterocycles. The number of hydrogen-bond donors (Lipinski definition) is 5. The van der Waals surface area contributed by atoms with Crippen molar-refractivity contribution in [1.29, 1.82) is 0 Å². The normalized spacial score (nSPS) is 17.4. The first-order chi connectivity index (χ1) is 16.6. The van der Waals surface area contributed by atoms with Crippen LogP contribution in [0.3, 0.4) is 0 Å². The predicted octanol–water partition coefficient (Wildman–Crippen LogP) is 1.15. The van der Waals surface area contributed by atoms with Gasteiger partial charge in [0.2, 0.25) is 5.91 Å². The fraction of sp³-hybridized carbons (Fsp3) is 0.348. The van der Waals surface area contributed by atoms with E-state index in [4.69, 9.17) is 26.0 Å². The summed E-state index contributed by atoms with van der Waals surface area (Å²) in [5.74, 6) is -2.88. The van der Waals surface area contributed by atoms with Gasteiger partial charge in [0.05, 0.1) is 17.9 Å². The number of rotatable bonds is 10. The molecule has 1 heterocycles. The maximum atomic E-state index is 12.5. The van der Waals surface area contributed by atoms with E-state index in [2.05, 4.69) is 10.3 Å². The lowest BCUT2D eigenvalue weighted by molar-refractivity contribution is -0.143. The highest BCUT2D eigenvalue weighted by atomic mass is 16.5. The molecule has 186 valence electrons. The summed E-state index contributed by atoms with van der Waals surface area (Å²) in [6, 6.07) is 4.97. The number of esters is 1. The molecule has 1 amide bonds. The van der Waals surface area contributed by atoms with E-state index >= 15 is 0 Å². The van der Waals surface area contributed by atoms with Crippen LogP contribution in [0.5, 0.6) is 0 Å². The maximum absolute atomic E-state index is 12.5. The van der Waals surface area contributed by atoms with Crippen LogP contribution in [0.25, 0.3) is 0 Å². The summed E-state index contributed by atoms with van der Waals surface area (Å²) in [4.78, 5) is 50.7. The van der Waals surface area contributed by atoms with E-state index in [0.29, 0.717) is 35.6 Å². The van der Waals surface area contributed by atoms with Gasteiger partial charge in [-0.3, -0.25) is 9.59 Å². The van der Waals surface area contributed by atoms with Gasteiger partial charge in [0.25, 0.3) is 0 Å². The first-order valence-corrected chi connectivity index (χ1v) is 10.8. The highest BCUT2D eigenvalue weighted by molar-refractivity contribution is 5.90. The number of aliphatic carboxylic acids is 2. The zero-order valence-electron chi connectivity index (χ0n) is 18.7. The topological polar surface area (TPSA) is 204 Å². The van der Waals surface area contributed by atoms with Crippen LogP contribution < -0.4 is 16.8 Å². The van der Waals surface area contributed by atoms with Gasteiger partial charge in [0, 0.05) is 31.3 Å². The molecule has 0 aromatic heterocycles. The van der Waals surface area contributed by atoms with Crippen LogP contribution in [0, 0.1) is 5.92 Å². The Kier molecular flexibility index (Phi) is 8.08. The fourth-order valence-corrected chi connectivity index (χ4v) is 3.79. The van der Waals surface area contributed by atoms with Crippen LogP contribution in [0.15, 0.2) is 52.4 Å². The minimum absolute atomic E-state index is 0.000784. The molecule has 3 rings (SSSR count). The molecule has 12 nitrogen and oxygen atoms in total. The first-order valence-electron chi connectivity index (χ1n) is 10.8. The van der Waals surface area contributed by atoms with Crippen molar-refractivity contribution >= 4 is 35.5 Å². The van der Waals surface area contributed by atoms with Crippen LogP contribution in [0.1, 0.15) is 42.5 Å². The second-order valence-electron chi connectivity index (χ2n) is 8.08. The molecule has 1 aromatic rings. The summed E-state index contributed by atoms with van der Waals surface area (Å²) in [5, 5.41) is 20.3. The number of hydrogen-bond acceptors (Lipinski definition) is 7. The van der Waals surface area contributed by atoms with E-state index < -0.39 is 29.9 Å². The molecule has 35 heavy (non-hydrogen) atoms. The molecule has 0 bridgehead atoms. The zero-order chi connectivity index (χ0) is 25.5. The Morgan fingerprint density at radius 3 is 2.49 bits per heavy atom. The molecular formula is C23H26N4O8. The molecule has 0 radical (unpaired) electrons. The number of carboxylic acid groups (broad SMARTS) is 2. The number of carboxylic acids is 2. The lowest BCUT2D eigenvalue weighted by Crippen LogP contribution is -2.41. The molecule has 0 unspecified atom stereocenters. The van der Waals surface area contributed by atoms with Gasteiger partial charge in [0.1, 0.15) is 17.6 Å². The molecule has 2 aliphatic rings. The molecule has 12 heteroatoms. The van der Waals surface area contributed by atoms with Gasteiger partial charge in [-0.25, -0.2) is 14.6 Å². The van der Waals surface area contributed by atoms with Gasteiger partial charge in [0.15, 0.2) is 5.96 Å². The van der Waals surface area contributed by atoms with Crippen molar-refractivity contribution in [3.8, 4) is 0 Å². The van der Waals surface area contributed by atoms with E-state index in [0.717, 1.165) is 5.57 Å². The van der Waals surface area contributed by atoms with Crippen molar-refractivity contribution < 1.29 is 38.9 Å². The summed E-state index contributed by atoms with van der Waals surface area (Å²) < 4.78 is 11.1. The Morgan fingerprint density at radius 1 is 1.14 bits per heavy atom. The average molecular weight is 486 g/mol. The van der Waals surface area contributed by atoms with Gasteiger partial charge in [-0.05, 0) is 42.7 Å². The number of amides is 1. The monoisotopic (exact) mass is 486 g/mol. The lowest BCUT2D eigenvalue weighted by atomic mass is 9.90. The molecule has 0 saturated heterocycles. The van der Waals surface area contributed by atoms with Crippen LogP contribution in [-0.4, -0.2) is 52.6 Å². The standard InChI is InChI=1S/C23H26N4O8/c24-23(25)26-14-3-1-12(2-4-14)22(33)35-15-5-6-16-13(11-34-18(16)10-15)9-19(28)27-17(21(31)32)7-8-20(29)30/h1-4,10,13,17H,5-9,11H2,(H,27,28)(H,29,30)(H,31,32)(H4,24,25,26)/t13-,17+/m1/s1. The maximum Gasteiger partial charge on any atom is 0.343 e. The minimum Gasteiger partial charge on any atom is -0.493 e. The van der Waals surface area contributed by atoms with Gasteiger partial charge in [-0.15, -0.1) is 0 Å². The zero-order valence-corrected chi connectivity index (χ0v) is 18.7. The summed E-state index contributed by atoms with van der Waals surface area (Å²) in [5.41, 5.74) is 12.4. The molecule has 0 spiro atoms. The van der Waals surface area contributed by atoms with Crippen LogP contribution >= 0.6 is 0 Å². The number of allylic oxidation sites excluding steroid dienone is 2. The summed E-state index contributed by atoms with van der Waals surface area (Å²) in [6.45, 7) is 0.231. The summed E-state index contributed by atoms with van der Waals surface area (Å²) in [6.07, 6.45) is 1.98. The van der Waals surface area contributed by atoms with Gasteiger partial charge in [-0.2, -0.15) is 0 Å².